The fraction of sp³-hybridized carbons (Fsp3) is 0.219. The first kappa shape index (κ1) is 26.7. The number of benzene rings is 2. The first-order valence-electron chi connectivity index (χ1n) is 14.2. The van der Waals surface area contributed by atoms with Crippen molar-refractivity contribution in [3.8, 4) is 33.8 Å². The lowest BCUT2D eigenvalue weighted by molar-refractivity contribution is -0.117. The maximum atomic E-state index is 14.7. The van der Waals surface area contributed by atoms with Gasteiger partial charge in [0.15, 0.2) is 11.5 Å². The van der Waals surface area contributed by atoms with Gasteiger partial charge in [0.05, 0.1) is 28.3 Å². The summed E-state index contributed by atoms with van der Waals surface area (Å²) in [6, 6.07) is 14.7. The van der Waals surface area contributed by atoms with E-state index in [0.717, 1.165) is 52.5 Å². The SMILES string of the molecule is CN(C)CCNc1cc(F)cc(-c2cccc3[nH]c(-c4n[nH]c5ncc(-c6cncc(NC(=O)C7CC7)c6)cc45)nc23)c1. The standard InChI is InChI=1S/C32H30FN9O/c1-42(2)9-8-35-23-11-19(10-22(33)14-23)25-4-3-5-27-28(25)39-31(38-27)29-26-13-21(16-36-30(26)41-40-29)20-12-24(17-34-15-20)37-32(43)18-6-7-18/h3-5,10-18,35H,6-9H2,1-2H3,(H,37,43)(H,38,39)(H,36,40,41). The average molecular weight is 576 g/mol. The predicted molar refractivity (Wildman–Crippen MR) is 166 cm³/mol. The van der Waals surface area contributed by atoms with Crippen molar-refractivity contribution >= 4 is 39.3 Å². The van der Waals surface area contributed by atoms with Crippen LogP contribution in [0.5, 0.6) is 0 Å². The normalized spacial score (nSPS) is 13.2. The molecule has 1 fully saturated rings. The van der Waals surface area contributed by atoms with E-state index in [4.69, 9.17) is 4.98 Å². The Morgan fingerprint density at radius 3 is 2.70 bits per heavy atom. The molecule has 1 saturated carbocycles. The lowest BCUT2D eigenvalue weighted by atomic mass is 10.0. The molecule has 1 amide bonds. The third kappa shape index (κ3) is 5.54. The van der Waals surface area contributed by atoms with Crippen LogP contribution in [0.25, 0.3) is 55.8 Å². The van der Waals surface area contributed by atoms with Crippen LogP contribution >= 0.6 is 0 Å². The number of anilines is 2. The van der Waals surface area contributed by atoms with Gasteiger partial charge in [-0.15, -0.1) is 0 Å². The second-order valence-corrected chi connectivity index (χ2v) is 11.2. The molecule has 0 aliphatic heterocycles. The Balaban J connectivity index is 1.23. The van der Waals surface area contributed by atoms with E-state index in [1.54, 1.807) is 18.6 Å². The summed E-state index contributed by atoms with van der Waals surface area (Å²) in [6.45, 7) is 1.53. The number of carbonyl (C=O) groups is 1. The Labute approximate surface area is 246 Å². The van der Waals surface area contributed by atoms with Gasteiger partial charge in [-0.3, -0.25) is 14.9 Å². The van der Waals surface area contributed by atoms with Gasteiger partial charge in [-0.2, -0.15) is 5.10 Å². The molecule has 4 aromatic heterocycles. The number of nitrogens with zero attached hydrogens (tertiary/aromatic N) is 5. The monoisotopic (exact) mass is 575 g/mol. The smallest absolute Gasteiger partial charge is 0.227 e. The van der Waals surface area contributed by atoms with Crippen LogP contribution in [0, 0.1) is 11.7 Å². The van der Waals surface area contributed by atoms with Crippen molar-refractivity contribution in [2.75, 3.05) is 37.8 Å². The van der Waals surface area contributed by atoms with Crippen molar-refractivity contribution in [3.05, 3.63) is 72.9 Å². The van der Waals surface area contributed by atoms with Crippen LogP contribution in [-0.2, 0) is 4.79 Å². The number of para-hydroxylation sites is 1. The maximum absolute atomic E-state index is 14.7. The minimum absolute atomic E-state index is 0.0314. The van der Waals surface area contributed by atoms with E-state index in [1.807, 2.05) is 50.5 Å². The van der Waals surface area contributed by atoms with E-state index in [0.29, 0.717) is 40.6 Å². The molecule has 11 heteroatoms. The zero-order chi connectivity index (χ0) is 29.5. The minimum atomic E-state index is -0.319. The van der Waals surface area contributed by atoms with Gasteiger partial charge in [-0.05, 0) is 68.9 Å². The molecule has 4 heterocycles. The van der Waals surface area contributed by atoms with Crippen molar-refractivity contribution in [1.29, 1.82) is 0 Å². The van der Waals surface area contributed by atoms with Crippen molar-refractivity contribution in [2.24, 2.45) is 5.92 Å². The third-order valence-electron chi connectivity index (χ3n) is 7.54. The molecule has 0 spiro atoms. The molecule has 7 rings (SSSR count). The largest absolute Gasteiger partial charge is 0.384 e. The molecule has 0 radical (unpaired) electrons. The van der Waals surface area contributed by atoms with Crippen LogP contribution in [0.15, 0.2) is 67.1 Å². The van der Waals surface area contributed by atoms with E-state index in [1.165, 1.54) is 12.1 Å². The number of aromatic amines is 2. The van der Waals surface area contributed by atoms with Gasteiger partial charge in [0, 0.05) is 53.8 Å². The van der Waals surface area contributed by atoms with Crippen molar-refractivity contribution in [1.82, 2.24) is 35.0 Å². The van der Waals surface area contributed by atoms with Crippen LogP contribution in [0.3, 0.4) is 0 Å². The van der Waals surface area contributed by atoms with Crippen molar-refractivity contribution in [2.45, 2.75) is 12.8 Å². The molecule has 0 saturated heterocycles. The Morgan fingerprint density at radius 2 is 1.86 bits per heavy atom. The highest BCUT2D eigenvalue weighted by atomic mass is 19.1. The second kappa shape index (κ2) is 10.9. The van der Waals surface area contributed by atoms with Crippen molar-refractivity contribution in [3.63, 3.8) is 0 Å². The molecule has 4 N–H and O–H groups in total. The zero-order valence-electron chi connectivity index (χ0n) is 23.8. The number of nitrogens with one attached hydrogen (secondary N) is 4. The average Bonchev–Trinajstić information content (AvgIpc) is 3.62. The van der Waals surface area contributed by atoms with Crippen LogP contribution in [0.4, 0.5) is 15.8 Å². The fourth-order valence-electron chi connectivity index (χ4n) is 5.15. The zero-order valence-corrected chi connectivity index (χ0v) is 23.8. The molecule has 43 heavy (non-hydrogen) atoms. The van der Waals surface area contributed by atoms with Crippen LogP contribution in [0.1, 0.15) is 12.8 Å². The topological polar surface area (TPSA) is 128 Å². The van der Waals surface area contributed by atoms with E-state index < -0.39 is 0 Å². The van der Waals surface area contributed by atoms with Gasteiger partial charge >= 0.3 is 0 Å². The molecule has 6 aromatic rings. The number of imidazole rings is 1. The second-order valence-electron chi connectivity index (χ2n) is 11.2. The molecular weight excluding hydrogens is 545 g/mol. The number of amides is 1. The quantitative estimate of drug-likeness (QED) is 0.174. The molecule has 10 nitrogen and oxygen atoms in total. The molecule has 216 valence electrons. The minimum Gasteiger partial charge on any atom is -0.384 e. The number of hydrogen-bond acceptors (Lipinski definition) is 7. The highest BCUT2D eigenvalue weighted by Gasteiger charge is 2.29. The highest BCUT2D eigenvalue weighted by molar-refractivity contribution is 5.98. The molecule has 0 bridgehead atoms. The summed E-state index contributed by atoms with van der Waals surface area (Å²) in [5.41, 5.74) is 7.31. The highest BCUT2D eigenvalue weighted by Crippen LogP contribution is 2.34. The predicted octanol–water partition coefficient (Wildman–Crippen LogP) is 5.69. The van der Waals surface area contributed by atoms with Crippen LogP contribution in [0.2, 0.25) is 0 Å². The Morgan fingerprint density at radius 1 is 1.02 bits per heavy atom. The van der Waals surface area contributed by atoms with Gasteiger partial charge < -0.3 is 20.5 Å². The number of aromatic nitrogens is 6. The number of hydrogen-bond donors (Lipinski definition) is 4. The Hall–Kier alpha value is -5.16. The maximum Gasteiger partial charge on any atom is 0.227 e. The molecular formula is C32H30FN9O. The van der Waals surface area contributed by atoms with E-state index >= 15 is 0 Å². The number of halogens is 1. The molecule has 0 unspecified atom stereocenters. The number of likely N-dealkylation sites (N-methyl/N-ethyl adjacent to an activating group) is 1. The molecule has 1 aliphatic rings. The Kier molecular flexibility index (Phi) is 6.78. The number of carbonyl (C=O) groups excluding carboxylic acids is 1. The van der Waals surface area contributed by atoms with Gasteiger partial charge in [0.25, 0.3) is 0 Å². The first-order valence-corrected chi connectivity index (χ1v) is 14.2. The molecule has 2 aromatic carbocycles. The van der Waals surface area contributed by atoms with E-state index in [2.05, 4.69) is 40.7 Å². The fourth-order valence-corrected chi connectivity index (χ4v) is 5.15. The lowest BCUT2D eigenvalue weighted by Gasteiger charge is -2.13. The van der Waals surface area contributed by atoms with Gasteiger partial charge in [-0.1, -0.05) is 12.1 Å². The number of rotatable bonds is 9. The summed E-state index contributed by atoms with van der Waals surface area (Å²) >= 11 is 0. The Bertz CT molecular complexity index is 1980. The number of H-pyrrole nitrogens is 2. The summed E-state index contributed by atoms with van der Waals surface area (Å²) in [7, 11) is 4.00. The molecule has 1 aliphatic carbocycles. The number of fused-ring (bicyclic) bond motifs is 2. The lowest BCUT2D eigenvalue weighted by Crippen LogP contribution is -2.20. The van der Waals surface area contributed by atoms with Gasteiger partial charge in [0.1, 0.15) is 11.5 Å². The summed E-state index contributed by atoms with van der Waals surface area (Å²) in [6.07, 6.45) is 7.00. The van der Waals surface area contributed by atoms with Gasteiger partial charge in [0.2, 0.25) is 5.91 Å². The van der Waals surface area contributed by atoms with E-state index in [9.17, 15) is 9.18 Å². The first-order chi connectivity index (χ1) is 20.9. The third-order valence-corrected chi connectivity index (χ3v) is 7.54. The summed E-state index contributed by atoms with van der Waals surface area (Å²) in [5, 5.41) is 14.6. The molecule has 0 atom stereocenters. The van der Waals surface area contributed by atoms with Crippen LogP contribution in [-0.4, -0.2) is 68.1 Å². The summed E-state index contributed by atoms with van der Waals surface area (Å²) in [4.78, 5) is 31.5. The van der Waals surface area contributed by atoms with Crippen LogP contribution < -0.4 is 10.6 Å². The van der Waals surface area contributed by atoms with Gasteiger partial charge in [-0.25, -0.2) is 14.4 Å². The summed E-state index contributed by atoms with van der Waals surface area (Å²) in [5.74, 6) is 0.383. The summed E-state index contributed by atoms with van der Waals surface area (Å²) < 4.78 is 14.7. The van der Waals surface area contributed by atoms with Crippen molar-refractivity contribution < 1.29 is 9.18 Å². The number of pyridine rings is 2. The van der Waals surface area contributed by atoms with E-state index in [-0.39, 0.29) is 17.6 Å².